The van der Waals surface area contributed by atoms with Gasteiger partial charge < -0.3 is 4.74 Å². The molecule has 2 heteroatoms. The highest BCUT2D eigenvalue weighted by atomic mass is 16.5. The van der Waals surface area contributed by atoms with Gasteiger partial charge in [0.05, 0.1) is 12.2 Å². The molecule has 0 aromatic carbocycles. The van der Waals surface area contributed by atoms with Gasteiger partial charge in [0.1, 0.15) is 0 Å². The molecule has 0 saturated carbocycles. The van der Waals surface area contributed by atoms with Gasteiger partial charge in [-0.1, -0.05) is 20.8 Å². The third kappa shape index (κ3) is 1.50. The summed E-state index contributed by atoms with van der Waals surface area (Å²) in [5, 5.41) is 0. The van der Waals surface area contributed by atoms with Crippen LogP contribution in [0.2, 0.25) is 0 Å². The van der Waals surface area contributed by atoms with Gasteiger partial charge in [0, 0.05) is 19.0 Å². The molecule has 2 saturated heterocycles. The van der Waals surface area contributed by atoms with Gasteiger partial charge in [0.25, 0.3) is 0 Å². The maximum atomic E-state index is 5.75. The van der Waals surface area contributed by atoms with Crippen molar-refractivity contribution in [1.29, 1.82) is 0 Å². The molecule has 13 heavy (non-hydrogen) atoms. The van der Waals surface area contributed by atoms with E-state index in [0.29, 0.717) is 0 Å². The second-order valence-corrected chi connectivity index (χ2v) is 4.86. The fourth-order valence-corrected chi connectivity index (χ4v) is 2.74. The summed E-state index contributed by atoms with van der Waals surface area (Å²) in [5.74, 6) is 0.767. The number of rotatable bonds is 2. The predicted octanol–water partition coefficient (Wildman–Crippen LogP) is 1.90. The average molecular weight is 183 g/mol. The first-order chi connectivity index (χ1) is 6.17. The maximum Gasteiger partial charge on any atom is 0.0845 e. The highest BCUT2D eigenvalue weighted by Crippen LogP contribution is 2.41. The summed E-state index contributed by atoms with van der Waals surface area (Å²) in [4.78, 5) is 2.59. The van der Waals surface area contributed by atoms with Crippen LogP contribution in [0.15, 0.2) is 0 Å². The molecular weight excluding hydrogens is 162 g/mol. The monoisotopic (exact) mass is 183 g/mol. The van der Waals surface area contributed by atoms with E-state index in [1.54, 1.807) is 0 Å². The quantitative estimate of drug-likeness (QED) is 0.648. The number of hydrogen-bond acceptors (Lipinski definition) is 2. The molecule has 2 aliphatic heterocycles. The minimum Gasteiger partial charge on any atom is -0.373 e. The topological polar surface area (TPSA) is 12.5 Å². The molecule has 0 N–H and O–H groups in total. The van der Waals surface area contributed by atoms with Crippen LogP contribution in [0.4, 0.5) is 0 Å². The Labute approximate surface area is 81.3 Å². The maximum absolute atomic E-state index is 5.75. The van der Waals surface area contributed by atoms with Gasteiger partial charge >= 0.3 is 0 Å². The van der Waals surface area contributed by atoms with E-state index in [2.05, 4.69) is 25.7 Å². The molecule has 0 aromatic rings. The van der Waals surface area contributed by atoms with Crippen molar-refractivity contribution >= 4 is 0 Å². The Kier molecular flexibility index (Phi) is 2.37. The normalized spacial score (nSPS) is 40.2. The van der Waals surface area contributed by atoms with Crippen molar-refractivity contribution in [2.24, 2.45) is 5.92 Å². The van der Waals surface area contributed by atoms with Crippen LogP contribution in [0.5, 0.6) is 0 Å². The molecule has 0 aromatic heterocycles. The van der Waals surface area contributed by atoms with Gasteiger partial charge in [-0.05, 0) is 18.9 Å². The van der Waals surface area contributed by atoms with E-state index in [1.807, 2.05) is 0 Å². The summed E-state index contributed by atoms with van der Waals surface area (Å²) in [6.07, 6.45) is 2.55. The van der Waals surface area contributed by atoms with E-state index in [9.17, 15) is 0 Å². The lowest BCUT2D eigenvalue weighted by molar-refractivity contribution is -0.137. The van der Waals surface area contributed by atoms with Crippen molar-refractivity contribution < 1.29 is 4.74 Å². The third-order valence-corrected chi connectivity index (χ3v) is 3.68. The number of hydrogen-bond donors (Lipinski definition) is 0. The highest BCUT2D eigenvalue weighted by Gasteiger charge is 2.49. The van der Waals surface area contributed by atoms with E-state index >= 15 is 0 Å². The van der Waals surface area contributed by atoms with Crippen LogP contribution in [-0.2, 0) is 4.74 Å². The molecule has 0 amide bonds. The molecule has 2 fully saturated rings. The molecule has 2 nitrogen and oxygen atoms in total. The molecule has 0 aliphatic carbocycles. The van der Waals surface area contributed by atoms with Crippen molar-refractivity contribution in [2.45, 2.75) is 45.3 Å². The van der Waals surface area contributed by atoms with Gasteiger partial charge in [0.15, 0.2) is 0 Å². The Morgan fingerprint density at radius 2 is 2.23 bits per heavy atom. The first-order valence-electron chi connectivity index (χ1n) is 5.55. The summed E-state index contributed by atoms with van der Waals surface area (Å²) >= 11 is 0. The smallest absolute Gasteiger partial charge is 0.0845 e. The summed E-state index contributed by atoms with van der Waals surface area (Å²) < 4.78 is 5.75. The van der Waals surface area contributed by atoms with Gasteiger partial charge in [-0.25, -0.2) is 0 Å². The Bertz CT molecular complexity index is 187. The average Bonchev–Trinajstić information content (AvgIpc) is 2.42. The van der Waals surface area contributed by atoms with Gasteiger partial charge in [-0.15, -0.1) is 0 Å². The molecule has 76 valence electrons. The SMILES string of the molecule is CCN1CC2(CCO2)C[C@H]1C(C)C. The lowest BCUT2D eigenvalue weighted by Gasteiger charge is -2.38. The zero-order valence-electron chi connectivity index (χ0n) is 9.05. The van der Waals surface area contributed by atoms with Crippen LogP contribution >= 0.6 is 0 Å². The summed E-state index contributed by atoms with van der Waals surface area (Å²) in [6, 6.07) is 0.755. The minimum absolute atomic E-state index is 0.269. The second kappa shape index (κ2) is 3.25. The van der Waals surface area contributed by atoms with Crippen molar-refractivity contribution in [3.63, 3.8) is 0 Å². The molecule has 0 radical (unpaired) electrons. The van der Waals surface area contributed by atoms with Crippen LogP contribution in [0, 0.1) is 5.92 Å². The van der Waals surface area contributed by atoms with E-state index in [0.717, 1.165) is 18.6 Å². The van der Waals surface area contributed by atoms with Crippen molar-refractivity contribution in [3.8, 4) is 0 Å². The number of likely N-dealkylation sites (N-methyl/N-ethyl adjacent to an activating group) is 1. The highest BCUT2D eigenvalue weighted by molar-refractivity contribution is 5.01. The van der Waals surface area contributed by atoms with Gasteiger partial charge in [-0.2, -0.15) is 0 Å². The Balaban J connectivity index is 2.03. The fraction of sp³-hybridized carbons (Fsp3) is 1.00. The molecule has 2 rings (SSSR count). The van der Waals surface area contributed by atoms with E-state index < -0.39 is 0 Å². The van der Waals surface area contributed by atoms with Crippen LogP contribution in [0.25, 0.3) is 0 Å². The molecule has 2 aliphatic rings. The van der Waals surface area contributed by atoms with Gasteiger partial charge in [0.2, 0.25) is 0 Å². The third-order valence-electron chi connectivity index (χ3n) is 3.68. The molecular formula is C11H21NO. The van der Waals surface area contributed by atoms with Crippen LogP contribution in [0.1, 0.15) is 33.6 Å². The first kappa shape index (κ1) is 9.47. The summed E-state index contributed by atoms with van der Waals surface area (Å²) in [5.41, 5.74) is 0.269. The zero-order chi connectivity index (χ0) is 9.47. The lowest BCUT2D eigenvalue weighted by Crippen LogP contribution is -2.45. The van der Waals surface area contributed by atoms with E-state index in [4.69, 9.17) is 4.74 Å². The van der Waals surface area contributed by atoms with Crippen LogP contribution < -0.4 is 0 Å². The number of likely N-dealkylation sites (tertiary alicyclic amines) is 1. The predicted molar refractivity (Wildman–Crippen MR) is 53.8 cm³/mol. The van der Waals surface area contributed by atoms with Crippen molar-refractivity contribution in [1.82, 2.24) is 4.90 Å². The molecule has 2 atom stereocenters. The fourth-order valence-electron chi connectivity index (χ4n) is 2.74. The van der Waals surface area contributed by atoms with E-state index in [-0.39, 0.29) is 5.60 Å². The summed E-state index contributed by atoms with van der Waals surface area (Å²) in [6.45, 7) is 10.2. The standard InChI is InChI=1S/C11H21NO/c1-4-12-8-11(5-6-13-11)7-10(12)9(2)3/h9-10H,4-8H2,1-3H3/t10-,11?/m0/s1. The second-order valence-electron chi connectivity index (χ2n) is 4.86. The molecule has 0 bridgehead atoms. The molecule has 1 spiro atoms. The lowest BCUT2D eigenvalue weighted by atomic mass is 9.89. The Morgan fingerprint density at radius 1 is 1.54 bits per heavy atom. The van der Waals surface area contributed by atoms with Crippen LogP contribution in [-0.4, -0.2) is 36.2 Å². The van der Waals surface area contributed by atoms with Crippen LogP contribution in [0.3, 0.4) is 0 Å². The summed E-state index contributed by atoms with van der Waals surface area (Å²) in [7, 11) is 0. The van der Waals surface area contributed by atoms with Gasteiger partial charge in [-0.3, -0.25) is 4.90 Å². The van der Waals surface area contributed by atoms with Crippen molar-refractivity contribution in [2.75, 3.05) is 19.7 Å². The largest absolute Gasteiger partial charge is 0.373 e. The van der Waals surface area contributed by atoms with Crippen molar-refractivity contribution in [3.05, 3.63) is 0 Å². The number of nitrogens with zero attached hydrogens (tertiary/aromatic N) is 1. The molecule has 1 unspecified atom stereocenters. The van der Waals surface area contributed by atoms with E-state index in [1.165, 1.54) is 25.9 Å². The Morgan fingerprint density at radius 3 is 2.54 bits per heavy atom. The zero-order valence-corrected chi connectivity index (χ0v) is 9.05. The minimum atomic E-state index is 0.269. The Hall–Kier alpha value is -0.0800. The first-order valence-corrected chi connectivity index (χ1v) is 5.55. The number of ether oxygens (including phenoxy) is 1. The molecule has 2 heterocycles.